The summed E-state index contributed by atoms with van der Waals surface area (Å²) in [7, 11) is -3.90. The van der Waals surface area contributed by atoms with Crippen LogP contribution >= 0.6 is 11.6 Å². The van der Waals surface area contributed by atoms with Crippen LogP contribution in [0.3, 0.4) is 0 Å². The lowest BCUT2D eigenvalue weighted by Crippen LogP contribution is -2.41. The van der Waals surface area contributed by atoms with Crippen molar-refractivity contribution in [3.63, 3.8) is 0 Å². The predicted octanol–water partition coefficient (Wildman–Crippen LogP) is 4.00. The molecule has 1 N–H and O–H groups in total. The molecule has 30 heavy (non-hydrogen) atoms. The van der Waals surface area contributed by atoms with Crippen molar-refractivity contribution in [1.29, 1.82) is 0 Å². The molecule has 0 heterocycles. The van der Waals surface area contributed by atoms with E-state index >= 15 is 0 Å². The molecule has 0 aliphatic heterocycles. The number of rotatable bonds is 10. The van der Waals surface area contributed by atoms with Crippen molar-refractivity contribution in [1.82, 2.24) is 5.32 Å². The molecule has 0 atom stereocenters. The Bertz CT molecular complexity index is 914. The van der Waals surface area contributed by atoms with Crippen LogP contribution in [0.15, 0.2) is 59.5 Å². The number of hydrogen-bond donors (Lipinski definition) is 1. The third-order valence-corrected chi connectivity index (χ3v) is 7.07. The van der Waals surface area contributed by atoms with Crippen LogP contribution in [0.4, 0.5) is 5.69 Å². The summed E-state index contributed by atoms with van der Waals surface area (Å²) in [5.41, 5.74) is 0.378. The molecule has 2 aromatic rings. The maximum Gasteiger partial charge on any atom is 0.264 e. The molecule has 6 nitrogen and oxygen atoms in total. The van der Waals surface area contributed by atoms with Crippen LogP contribution in [0, 0.1) is 0 Å². The van der Waals surface area contributed by atoms with Gasteiger partial charge in [0.2, 0.25) is 5.91 Å². The number of carbonyl (C=O) groups excluding carboxylic acids is 1. The first-order valence-electron chi connectivity index (χ1n) is 10.2. The molecule has 1 aliphatic rings. The second-order valence-corrected chi connectivity index (χ2v) is 9.58. The zero-order valence-corrected chi connectivity index (χ0v) is 18.4. The summed E-state index contributed by atoms with van der Waals surface area (Å²) in [6, 6.07) is 14.4. The molecule has 1 amide bonds. The monoisotopic (exact) mass is 450 g/mol. The van der Waals surface area contributed by atoms with Crippen molar-refractivity contribution in [2.75, 3.05) is 24.0 Å². The van der Waals surface area contributed by atoms with Crippen molar-refractivity contribution in [3.8, 4) is 0 Å². The van der Waals surface area contributed by atoms with Crippen LogP contribution < -0.4 is 9.62 Å². The highest BCUT2D eigenvalue weighted by Gasteiger charge is 2.27. The fourth-order valence-electron chi connectivity index (χ4n) is 3.43. The fraction of sp³-hybridized carbons (Fsp3) is 0.409. The normalized spacial score (nSPS) is 14.6. The minimum atomic E-state index is -3.90. The molecule has 1 saturated carbocycles. The highest BCUT2D eigenvalue weighted by molar-refractivity contribution is 7.92. The van der Waals surface area contributed by atoms with Gasteiger partial charge in [0.1, 0.15) is 6.54 Å². The molecule has 3 rings (SSSR count). The first-order valence-corrected chi connectivity index (χ1v) is 12.0. The van der Waals surface area contributed by atoms with E-state index in [0.717, 1.165) is 17.1 Å². The van der Waals surface area contributed by atoms with Crippen LogP contribution in [0.2, 0.25) is 5.02 Å². The van der Waals surface area contributed by atoms with E-state index in [1.54, 1.807) is 42.5 Å². The van der Waals surface area contributed by atoms with Gasteiger partial charge in [0.15, 0.2) is 0 Å². The quantitative estimate of drug-likeness (QED) is 0.555. The van der Waals surface area contributed by atoms with Crippen molar-refractivity contribution >= 4 is 33.2 Å². The molecule has 0 aromatic heterocycles. The highest BCUT2D eigenvalue weighted by Crippen LogP contribution is 2.25. The number of nitrogens with zero attached hydrogens (tertiary/aromatic N) is 1. The number of halogens is 1. The number of nitrogens with one attached hydrogen (secondary N) is 1. The summed E-state index contributed by atoms with van der Waals surface area (Å²) >= 11 is 5.94. The summed E-state index contributed by atoms with van der Waals surface area (Å²) < 4.78 is 33.2. The molecular formula is C22H27ClN2O4S. The molecule has 162 valence electrons. The van der Waals surface area contributed by atoms with Gasteiger partial charge >= 0.3 is 0 Å². The Morgan fingerprint density at radius 1 is 1.07 bits per heavy atom. The summed E-state index contributed by atoms with van der Waals surface area (Å²) in [5.74, 6) is -0.370. The van der Waals surface area contributed by atoms with Gasteiger partial charge in [-0.15, -0.1) is 0 Å². The minimum absolute atomic E-state index is 0.123. The summed E-state index contributed by atoms with van der Waals surface area (Å²) in [6.45, 7) is 0.710. The number of benzene rings is 2. The fourth-order valence-corrected chi connectivity index (χ4v) is 5.00. The Kier molecular flexibility index (Phi) is 8.13. The largest absolute Gasteiger partial charge is 0.378 e. The Morgan fingerprint density at radius 2 is 1.73 bits per heavy atom. The molecule has 0 radical (unpaired) electrons. The van der Waals surface area contributed by atoms with Crippen molar-refractivity contribution in [3.05, 3.63) is 59.6 Å². The SMILES string of the molecule is O=C(CN(c1ccc(Cl)cc1)S(=O)(=O)c1ccccc1)NCCCOC1CCCC1. The number of anilines is 1. The van der Waals surface area contributed by atoms with E-state index in [1.807, 2.05) is 0 Å². The van der Waals surface area contributed by atoms with Crippen LogP contribution in [-0.4, -0.2) is 40.1 Å². The van der Waals surface area contributed by atoms with Crippen LogP contribution in [0.25, 0.3) is 0 Å². The highest BCUT2D eigenvalue weighted by atomic mass is 35.5. The van der Waals surface area contributed by atoms with Gasteiger partial charge in [-0.05, 0) is 55.7 Å². The van der Waals surface area contributed by atoms with E-state index in [0.29, 0.717) is 36.4 Å². The predicted molar refractivity (Wildman–Crippen MR) is 118 cm³/mol. The van der Waals surface area contributed by atoms with Gasteiger partial charge in [-0.1, -0.05) is 42.6 Å². The summed E-state index contributed by atoms with van der Waals surface area (Å²) in [5, 5.41) is 3.28. The number of carbonyl (C=O) groups is 1. The molecule has 8 heteroatoms. The van der Waals surface area contributed by atoms with Crippen molar-refractivity contribution < 1.29 is 17.9 Å². The number of hydrogen-bond acceptors (Lipinski definition) is 4. The molecule has 2 aromatic carbocycles. The zero-order chi connectivity index (χ0) is 21.4. The molecule has 0 bridgehead atoms. The third kappa shape index (κ3) is 6.20. The molecule has 1 fully saturated rings. The lowest BCUT2D eigenvalue weighted by Gasteiger charge is -2.24. The standard InChI is InChI=1S/C22H27ClN2O4S/c23-18-11-13-19(14-12-18)25(30(27,28)21-9-2-1-3-10-21)17-22(26)24-15-6-16-29-20-7-4-5-8-20/h1-3,9-14,20H,4-8,15-17H2,(H,24,26). The van der Waals surface area contributed by atoms with Crippen LogP contribution in [0.1, 0.15) is 32.1 Å². The second kappa shape index (κ2) is 10.8. The Hall–Kier alpha value is -2.09. The minimum Gasteiger partial charge on any atom is -0.378 e. The zero-order valence-electron chi connectivity index (χ0n) is 16.8. The van der Waals surface area contributed by atoms with E-state index in [1.165, 1.54) is 25.0 Å². The van der Waals surface area contributed by atoms with Gasteiger partial charge in [0.25, 0.3) is 10.0 Å². The van der Waals surface area contributed by atoms with Crippen LogP contribution in [0.5, 0.6) is 0 Å². The maximum absolute atomic E-state index is 13.2. The molecular weight excluding hydrogens is 424 g/mol. The lowest BCUT2D eigenvalue weighted by molar-refractivity contribution is -0.119. The molecule has 0 spiro atoms. The van der Waals surface area contributed by atoms with E-state index in [2.05, 4.69) is 5.32 Å². The summed E-state index contributed by atoms with van der Waals surface area (Å²) in [6.07, 6.45) is 5.70. The lowest BCUT2D eigenvalue weighted by atomic mass is 10.3. The van der Waals surface area contributed by atoms with Crippen LogP contribution in [-0.2, 0) is 19.6 Å². The van der Waals surface area contributed by atoms with E-state index in [9.17, 15) is 13.2 Å². The average Bonchev–Trinajstić information content (AvgIpc) is 3.27. The number of ether oxygens (including phenoxy) is 1. The van der Waals surface area contributed by atoms with Gasteiger partial charge in [0.05, 0.1) is 16.7 Å². The Labute approximate surface area is 183 Å². The smallest absolute Gasteiger partial charge is 0.264 e. The second-order valence-electron chi connectivity index (χ2n) is 7.28. The summed E-state index contributed by atoms with van der Waals surface area (Å²) in [4.78, 5) is 12.6. The Morgan fingerprint density at radius 3 is 2.40 bits per heavy atom. The first kappa shape index (κ1) is 22.6. The van der Waals surface area contributed by atoms with Crippen molar-refractivity contribution in [2.45, 2.75) is 43.1 Å². The first-order chi connectivity index (χ1) is 14.5. The van der Waals surface area contributed by atoms with E-state index in [-0.39, 0.29) is 17.3 Å². The number of sulfonamides is 1. The topological polar surface area (TPSA) is 75.7 Å². The molecule has 1 aliphatic carbocycles. The van der Waals surface area contributed by atoms with Crippen molar-refractivity contribution in [2.24, 2.45) is 0 Å². The van der Waals surface area contributed by atoms with E-state index in [4.69, 9.17) is 16.3 Å². The average molecular weight is 451 g/mol. The van der Waals surface area contributed by atoms with Gasteiger partial charge in [-0.2, -0.15) is 0 Å². The van der Waals surface area contributed by atoms with Gasteiger partial charge in [-0.25, -0.2) is 8.42 Å². The van der Waals surface area contributed by atoms with Gasteiger partial charge < -0.3 is 10.1 Å². The number of amides is 1. The van der Waals surface area contributed by atoms with Gasteiger partial charge in [-0.3, -0.25) is 9.10 Å². The molecule has 0 unspecified atom stereocenters. The maximum atomic E-state index is 13.2. The molecule has 0 saturated heterocycles. The third-order valence-electron chi connectivity index (χ3n) is 5.03. The Balaban J connectivity index is 1.62. The van der Waals surface area contributed by atoms with E-state index < -0.39 is 10.0 Å². The van der Waals surface area contributed by atoms with Gasteiger partial charge in [0, 0.05) is 18.2 Å².